The van der Waals surface area contributed by atoms with Crippen LogP contribution in [0.25, 0.3) is 0 Å². The zero-order valence-electron chi connectivity index (χ0n) is 11.3. The Kier molecular flexibility index (Phi) is 4.12. The van der Waals surface area contributed by atoms with Gasteiger partial charge in [-0.25, -0.2) is 4.39 Å². The zero-order chi connectivity index (χ0) is 13.8. The Hall–Kier alpha value is -1.94. The number of halogens is 1. The van der Waals surface area contributed by atoms with Crippen molar-refractivity contribution in [3.8, 4) is 5.75 Å². The number of ether oxygens (including phenoxy) is 1. The third kappa shape index (κ3) is 2.90. The summed E-state index contributed by atoms with van der Waals surface area (Å²) in [6.07, 6.45) is 3.53. The first-order valence-electron chi connectivity index (χ1n) is 6.08. The molecule has 1 unspecified atom stereocenters. The lowest BCUT2D eigenvalue weighted by Gasteiger charge is -2.18. The van der Waals surface area contributed by atoms with Gasteiger partial charge in [0, 0.05) is 24.0 Å². The van der Waals surface area contributed by atoms with Crippen molar-refractivity contribution in [2.45, 2.75) is 13.0 Å². The molecule has 0 saturated heterocycles. The van der Waals surface area contributed by atoms with Crippen LogP contribution < -0.4 is 10.1 Å². The van der Waals surface area contributed by atoms with E-state index in [-0.39, 0.29) is 11.9 Å². The first-order valence-corrected chi connectivity index (χ1v) is 6.08. The second kappa shape index (κ2) is 5.80. The van der Waals surface area contributed by atoms with E-state index in [1.165, 1.54) is 13.2 Å². The highest BCUT2D eigenvalue weighted by atomic mass is 19.1. The molecule has 1 aromatic heterocycles. The van der Waals surface area contributed by atoms with Gasteiger partial charge in [-0.3, -0.25) is 4.98 Å². The summed E-state index contributed by atoms with van der Waals surface area (Å²) >= 11 is 0. The van der Waals surface area contributed by atoms with E-state index in [0.717, 1.165) is 11.1 Å². The van der Waals surface area contributed by atoms with E-state index in [4.69, 9.17) is 4.74 Å². The van der Waals surface area contributed by atoms with Crippen LogP contribution >= 0.6 is 0 Å². The maximum atomic E-state index is 14.1. The molecule has 0 aliphatic heterocycles. The van der Waals surface area contributed by atoms with Crippen LogP contribution in [0.5, 0.6) is 5.75 Å². The molecular formula is C15H17FN2O. The van der Waals surface area contributed by atoms with Gasteiger partial charge in [-0.15, -0.1) is 0 Å². The minimum absolute atomic E-state index is 0.224. The number of hydrogen-bond donors (Lipinski definition) is 1. The van der Waals surface area contributed by atoms with Crippen LogP contribution in [0, 0.1) is 12.7 Å². The van der Waals surface area contributed by atoms with Crippen LogP contribution in [0.3, 0.4) is 0 Å². The van der Waals surface area contributed by atoms with Crippen molar-refractivity contribution in [1.82, 2.24) is 10.3 Å². The highest BCUT2D eigenvalue weighted by Crippen LogP contribution is 2.26. The number of aryl methyl sites for hydroxylation is 1. The summed E-state index contributed by atoms with van der Waals surface area (Å²) in [4.78, 5) is 4.15. The summed E-state index contributed by atoms with van der Waals surface area (Å²) in [5.41, 5.74) is 2.56. The molecule has 1 N–H and O–H groups in total. The summed E-state index contributed by atoms with van der Waals surface area (Å²) in [5.74, 6) is 0.221. The average Bonchev–Trinajstić information content (AvgIpc) is 2.41. The number of aromatic nitrogens is 1. The van der Waals surface area contributed by atoms with E-state index in [0.29, 0.717) is 11.3 Å². The van der Waals surface area contributed by atoms with Crippen LogP contribution in [0.1, 0.15) is 22.7 Å². The van der Waals surface area contributed by atoms with Crippen molar-refractivity contribution in [2.24, 2.45) is 0 Å². The van der Waals surface area contributed by atoms with E-state index < -0.39 is 0 Å². The summed E-state index contributed by atoms with van der Waals surface area (Å²) in [6, 6.07) is 6.66. The normalized spacial score (nSPS) is 12.2. The molecular weight excluding hydrogens is 243 g/mol. The third-order valence-corrected chi connectivity index (χ3v) is 3.04. The van der Waals surface area contributed by atoms with Crippen LogP contribution in [0.2, 0.25) is 0 Å². The molecule has 0 saturated carbocycles. The van der Waals surface area contributed by atoms with E-state index in [9.17, 15) is 4.39 Å². The smallest absolute Gasteiger partial charge is 0.132 e. The number of hydrogen-bond acceptors (Lipinski definition) is 3. The summed E-state index contributed by atoms with van der Waals surface area (Å²) < 4.78 is 19.1. The number of methoxy groups -OCH3 is 1. The van der Waals surface area contributed by atoms with Gasteiger partial charge in [-0.1, -0.05) is 12.1 Å². The van der Waals surface area contributed by atoms with Gasteiger partial charge in [0.25, 0.3) is 0 Å². The number of pyridine rings is 1. The molecule has 19 heavy (non-hydrogen) atoms. The number of benzene rings is 1. The fraction of sp³-hybridized carbons (Fsp3) is 0.267. The first-order chi connectivity index (χ1) is 9.15. The van der Waals surface area contributed by atoms with E-state index in [1.807, 2.05) is 13.0 Å². The lowest BCUT2D eigenvalue weighted by molar-refractivity contribution is 0.410. The zero-order valence-corrected chi connectivity index (χ0v) is 11.3. The number of rotatable bonds is 4. The van der Waals surface area contributed by atoms with Gasteiger partial charge in [-0.05, 0) is 31.2 Å². The lowest BCUT2D eigenvalue weighted by atomic mass is 9.99. The quantitative estimate of drug-likeness (QED) is 0.918. The first kappa shape index (κ1) is 13.5. The average molecular weight is 260 g/mol. The molecule has 1 heterocycles. The van der Waals surface area contributed by atoms with E-state index >= 15 is 0 Å². The number of nitrogens with one attached hydrogen (secondary N) is 1. The van der Waals surface area contributed by atoms with Crippen LogP contribution in [-0.2, 0) is 0 Å². The van der Waals surface area contributed by atoms with Crippen molar-refractivity contribution in [3.63, 3.8) is 0 Å². The summed E-state index contributed by atoms with van der Waals surface area (Å²) in [5, 5.41) is 3.12. The number of nitrogens with zero attached hydrogens (tertiary/aromatic N) is 1. The third-order valence-electron chi connectivity index (χ3n) is 3.04. The summed E-state index contributed by atoms with van der Waals surface area (Å²) in [6.45, 7) is 1.97. The Balaban J connectivity index is 2.42. The predicted molar refractivity (Wildman–Crippen MR) is 72.8 cm³/mol. The van der Waals surface area contributed by atoms with Gasteiger partial charge >= 0.3 is 0 Å². The highest BCUT2D eigenvalue weighted by Gasteiger charge is 2.17. The predicted octanol–water partition coefficient (Wildman–Crippen LogP) is 2.85. The molecule has 4 heteroatoms. The van der Waals surface area contributed by atoms with Crippen molar-refractivity contribution >= 4 is 0 Å². The standard InChI is InChI=1S/C15H17FN2O/c1-10-6-11(9-18-8-10)15(17-2)13-5-4-12(19-3)7-14(13)16/h4-9,15,17H,1-3H3. The lowest BCUT2D eigenvalue weighted by Crippen LogP contribution is -2.19. The van der Waals surface area contributed by atoms with Crippen LogP contribution in [0.15, 0.2) is 36.7 Å². The fourth-order valence-electron chi connectivity index (χ4n) is 2.11. The van der Waals surface area contributed by atoms with Gasteiger partial charge in [-0.2, -0.15) is 0 Å². The molecule has 0 aliphatic rings. The van der Waals surface area contributed by atoms with E-state index in [2.05, 4.69) is 10.3 Å². The van der Waals surface area contributed by atoms with Crippen molar-refractivity contribution < 1.29 is 9.13 Å². The largest absolute Gasteiger partial charge is 0.497 e. The molecule has 0 bridgehead atoms. The molecule has 1 atom stereocenters. The topological polar surface area (TPSA) is 34.2 Å². The monoisotopic (exact) mass is 260 g/mol. The molecule has 0 fully saturated rings. The van der Waals surface area contributed by atoms with Crippen molar-refractivity contribution in [3.05, 3.63) is 59.2 Å². The molecule has 3 nitrogen and oxygen atoms in total. The second-order valence-electron chi connectivity index (χ2n) is 4.40. The maximum absolute atomic E-state index is 14.1. The minimum atomic E-state index is -0.291. The molecule has 100 valence electrons. The molecule has 2 aromatic rings. The molecule has 0 aliphatic carbocycles. The molecule has 0 radical (unpaired) electrons. The Morgan fingerprint density at radius 1 is 1.26 bits per heavy atom. The Morgan fingerprint density at radius 2 is 2.05 bits per heavy atom. The van der Waals surface area contributed by atoms with Gasteiger partial charge < -0.3 is 10.1 Å². The van der Waals surface area contributed by atoms with Gasteiger partial charge in [0.05, 0.1) is 13.2 Å². The minimum Gasteiger partial charge on any atom is -0.497 e. The van der Waals surface area contributed by atoms with Crippen molar-refractivity contribution in [2.75, 3.05) is 14.2 Å². The highest BCUT2D eigenvalue weighted by molar-refractivity contribution is 5.36. The van der Waals surface area contributed by atoms with Gasteiger partial charge in [0.1, 0.15) is 11.6 Å². The molecule has 2 rings (SSSR count). The second-order valence-corrected chi connectivity index (χ2v) is 4.40. The van der Waals surface area contributed by atoms with Gasteiger partial charge in [0.2, 0.25) is 0 Å². The Bertz CT molecular complexity index is 572. The van der Waals surface area contributed by atoms with Crippen LogP contribution in [0.4, 0.5) is 4.39 Å². The van der Waals surface area contributed by atoms with E-state index in [1.54, 1.807) is 31.6 Å². The fourth-order valence-corrected chi connectivity index (χ4v) is 2.11. The molecule has 0 amide bonds. The molecule has 0 spiro atoms. The molecule has 1 aromatic carbocycles. The van der Waals surface area contributed by atoms with Gasteiger partial charge in [0.15, 0.2) is 0 Å². The Morgan fingerprint density at radius 3 is 2.63 bits per heavy atom. The SMILES string of the molecule is CNC(c1cncc(C)c1)c1ccc(OC)cc1F. The van der Waals surface area contributed by atoms with Crippen molar-refractivity contribution in [1.29, 1.82) is 0 Å². The summed E-state index contributed by atoms with van der Waals surface area (Å²) in [7, 11) is 3.32. The maximum Gasteiger partial charge on any atom is 0.132 e. The Labute approximate surface area is 112 Å². The van der Waals surface area contributed by atoms with Crippen LogP contribution in [-0.4, -0.2) is 19.1 Å².